The first kappa shape index (κ1) is 11.5. The smallest absolute Gasteiger partial charge is 0.244 e. The summed E-state index contributed by atoms with van der Waals surface area (Å²) in [4.78, 5) is 4.35. The highest BCUT2D eigenvalue weighted by Gasteiger charge is 2.36. The van der Waals surface area contributed by atoms with Gasteiger partial charge in [0.1, 0.15) is 6.61 Å². The Kier molecular flexibility index (Phi) is 3.25. The van der Waals surface area contributed by atoms with Crippen LogP contribution in [0.5, 0.6) is 0 Å². The third-order valence-corrected chi connectivity index (χ3v) is 3.13. The summed E-state index contributed by atoms with van der Waals surface area (Å²) in [7, 11) is 1.62. The van der Waals surface area contributed by atoms with Crippen molar-refractivity contribution in [2.24, 2.45) is 5.41 Å². The average Bonchev–Trinajstić information content (AvgIpc) is 2.66. The third-order valence-electron chi connectivity index (χ3n) is 3.13. The Labute approximate surface area is 95.6 Å². The van der Waals surface area contributed by atoms with E-state index in [2.05, 4.69) is 29.3 Å². The highest BCUT2D eigenvalue weighted by Crippen LogP contribution is 2.39. The standard InChI is InChI=1S/C11H19N3O2/c1-11(2)5-4-6-12-9(11)10-13-8(7-15-3)14-16-10/h9,12H,4-7H2,1-3H3. The first-order chi connectivity index (χ1) is 7.63. The van der Waals surface area contributed by atoms with Gasteiger partial charge in [-0.05, 0) is 24.8 Å². The largest absolute Gasteiger partial charge is 0.377 e. The van der Waals surface area contributed by atoms with Crippen LogP contribution in [0, 0.1) is 5.41 Å². The molecule has 0 bridgehead atoms. The summed E-state index contributed by atoms with van der Waals surface area (Å²) < 4.78 is 10.3. The Morgan fingerprint density at radius 1 is 1.56 bits per heavy atom. The van der Waals surface area contributed by atoms with Gasteiger partial charge in [-0.3, -0.25) is 0 Å². The van der Waals surface area contributed by atoms with E-state index in [0.717, 1.165) is 6.54 Å². The second-order valence-corrected chi connectivity index (χ2v) is 4.96. The van der Waals surface area contributed by atoms with Gasteiger partial charge in [0.05, 0.1) is 6.04 Å². The number of hydrogen-bond donors (Lipinski definition) is 1. The van der Waals surface area contributed by atoms with Gasteiger partial charge in [-0.25, -0.2) is 0 Å². The maximum atomic E-state index is 5.29. The lowest BCUT2D eigenvalue weighted by Gasteiger charge is -2.36. The van der Waals surface area contributed by atoms with Crippen LogP contribution in [-0.2, 0) is 11.3 Å². The zero-order chi connectivity index (χ0) is 11.6. The Hall–Kier alpha value is -0.940. The van der Waals surface area contributed by atoms with Crippen molar-refractivity contribution in [3.05, 3.63) is 11.7 Å². The fourth-order valence-corrected chi connectivity index (χ4v) is 2.21. The number of nitrogens with one attached hydrogen (secondary N) is 1. The SMILES string of the molecule is COCc1noc(C2NCCCC2(C)C)n1. The molecule has 0 saturated carbocycles. The second kappa shape index (κ2) is 4.51. The van der Waals surface area contributed by atoms with Crippen molar-refractivity contribution in [2.45, 2.75) is 39.3 Å². The summed E-state index contributed by atoms with van der Waals surface area (Å²) in [6.07, 6.45) is 2.37. The van der Waals surface area contributed by atoms with Gasteiger partial charge < -0.3 is 14.6 Å². The molecule has 0 aromatic carbocycles. The van der Waals surface area contributed by atoms with Gasteiger partial charge in [-0.15, -0.1) is 0 Å². The lowest BCUT2D eigenvalue weighted by atomic mass is 9.77. The quantitative estimate of drug-likeness (QED) is 0.847. The van der Waals surface area contributed by atoms with Crippen molar-refractivity contribution in [2.75, 3.05) is 13.7 Å². The molecule has 0 amide bonds. The van der Waals surface area contributed by atoms with Crippen LogP contribution in [-0.4, -0.2) is 23.8 Å². The summed E-state index contributed by atoms with van der Waals surface area (Å²) in [6.45, 7) is 5.86. The van der Waals surface area contributed by atoms with Gasteiger partial charge >= 0.3 is 0 Å². The molecule has 0 aliphatic carbocycles. The molecule has 90 valence electrons. The molecule has 0 spiro atoms. The Morgan fingerprint density at radius 3 is 3.06 bits per heavy atom. The van der Waals surface area contributed by atoms with Crippen LogP contribution in [0.25, 0.3) is 0 Å². The Balaban J connectivity index is 2.15. The normalized spacial score (nSPS) is 24.6. The van der Waals surface area contributed by atoms with E-state index in [4.69, 9.17) is 9.26 Å². The summed E-state index contributed by atoms with van der Waals surface area (Å²) in [5, 5.41) is 7.34. The van der Waals surface area contributed by atoms with Gasteiger partial charge in [-0.2, -0.15) is 4.98 Å². The Morgan fingerprint density at radius 2 is 2.38 bits per heavy atom. The molecule has 1 saturated heterocycles. The van der Waals surface area contributed by atoms with Crippen LogP contribution in [0.2, 0.25) is 0 Å². The van der Waals surface area contributed by atoms with Crippen LogP contribution in [0.3, 0.4) is 0 Å². The van der Waals surface area contributed by atoms with E-state index >= 15 is 0 Å². The van der Waals surface area contributed by atoms with Gasteiger partial charge in [0.2, 0.25) is 5.89 Å². The highest BCUT2D eigenvalue weighted by atomic mass is 16.5. The van der Waals surface area contributed by atoms with Crippen molar-refractivity contribution in [1.82, 2.24) is 15.5 Å². The molecule has 5 nitrogen and oxygen atoms in total. The average molecular weight is 225 g/mol. The molecule has 1 aliphatic heterocycles. The molecule has 1 aromatic heterocycles. The van der Waals surface area contributed by atoms with E-state index in [1.807, 2.05) is 0 Å². The molecule has 1 N–H and O–H groups in total. The van der Waals surface area contributed by atoms with E-state index in [-0.39, 0.29) is 11.5 Å². The first-order valence-corrected chi connectivity index (χ1v) is 5.68. The number of methoxy groups -OCH3 is 1. The predicted molar refractivity (Wildman–Crippen MR) is 58.8 cm³/mol. The number of rotatable bonds is 3. The fraction of sp³-hybridized carbons (Fsp3) is 0.818. The van der Waals surface area contributed by atoms with Crippen molar-refractivity contribution in [3.63, 3.8) is 0 Å². The Bertz CT molecular complexity index is 349. The number of nitrogens with zero attached hydrogens (tertiary/aromatic N) is 2. The maximum absolute atomic E-state index is 5.29. The minimum absolute atomic E-state index is 0.152. The molecular formula is C11H19N3O2. The van der Waals surface area contributed by atoms with Gasteiger partial charge in [0, 0.05) is 7.11 Å². The first-order valence-electron chi connectivity index (χ1n) is 5.68. The van der Waals surface area contributed by atoms with Crippen molar-refractivity contribution >= 4 is 0 Å². The molecule has 1 fully saturated rings. The molecule has 1 atom stereocenters. The van der Waals surface area contributed by atoms with Gasteiger partial charge in [0.15, 0.2) is 5.82 Å². The summed E-state index contributed by atoms with van der Waals surface area (Å²) >= 11 is 0. The van der Waals surface area contributed by atoms with Gasteiger partial charge in [0.25, 0.3) is 0 Å². The molecule has 5 heteroatoms. The molecular weight excluding hydrogens is 206 g/mol. The summed E-state index contributed by atoms with van der Waals surface area (Å²) in [6, 6.07) is 0.152. The number of piperidine rings is 1. The summed E-state index contributed by atoms with van der Waals surface area (Å²) in [5.41, 5.74) is 0.162. The van der Waals surface area contributed by atoms with Crippen LogP contribution in [0.15, 0.2) is 4.52 Å². The molecule has 1 aromatic rings. The molecule has 1 aliphatic rings. The minimum Gasteiger partial charge on any atom is -0.377 e. The molecule has 16 heavy (non-hydrogen) atoms. The lowest BCUT2D eigenvalue weighted by Crippen LogP contribution is -2.39. The number of aromatic nitrogens is 2. The van der Waals surface area contributed by atoms with Crippen LogP contribution >= 0.6 is 0 Å². The second-order valence-electron chi connectivity index (χ2n) is 4.96. The van der Waals surface area contributed by atoms with Gasteiger partial charge in [-0.1, -0.05) is 19.0 Å². The topological polar surface area (TPSA) is 60.2 Å². The van der Waals surface area contributed by atoms with E-state index in [0.29, 0.717) is 18.3 Å². The van der Waals surface area contributed by atoms with Crippen molar-refractivity contribution in [1.29, 1.82) is 0 Å². The van der Waals surface area contributed by atoms with Crippen LogP contribution in [0.4, 0.5) is 0 Å². The number of hydrogen-bond acceptors (Lipinski definition) is 5. The van der Waals surface area contributed by atoms with E-state index < -0.39 is 0 Å². The molecule has 0 radical (unpaired) electrons. The monoisotopic (exact) mass is 225 g/mol. The predicted octanol–water partition coefficient (Wildman–Crippen LogP) is 1.67. The van der Waals surface area contributed by atoms with E-state index in [1.54, 1.807) is 7.11 Å². The minimum atomic E-state index is 0.152. The molecule has 1 unspecified atom stereocenters. The zero-order valence-corrected chi connectivity index (χ0v) is 10.1. The van der Waals surface area contributed by atoms with Crippen LogP contribution in [0.1, 0.15) is 44.4 Å². The van der Waals surface area contributed by atoms with E-state index in [9.17, 15) is 0 Å². The fourth-order valence-electron chi connectivity index (χ4n) is 2.21. The third kappa shape index (κ3) is 2.25. The van der Waals surface area contributed by atoms with Crippen molar-refractivity contribution < 1.29 is 9.26 Å². The number of ether oxygens (including phenoxy) is 1. The summed E-state index contributed by atoms with van der Waals surface area (Å²) in [5.74, 6) is 1.29. The van der Waals surface area contributed by atoms with Crippen LogP contribution < -0.4 is 5.32 Å². The van der Waals surface area contributed by atoms with E-state index in [1.165, 1.54) is 12.8 Å². The zero-order valence-electron chi connectivity index (χ0n) is 10.1. The highest BCUT2D eigenvalue weighted by molar-refractivity contribution is 5.00. The van der Waals surface area contributed by atoms with Crippen molar-refractivity contribution in [3.8, 4) is 0 Å². The maximum Gasteiger partial charge on any atom is 0.244 e. The molecule has 2 heterocycles. The molecule has 2 rings (SSSR count). The lowest BCUT2D eigenvalue weighted by molar-refractivity contribution is 0.146.